The quantitative estimate of drug-likeness (QED) is 0.400. The second kappa shape index (κ2) is 7.75. The van der Waals surface area contributed by atoms with Gasteiger partial charge in [0.2, 0.25) is 20.0 Å². The van der Waals surface area contributed by atoms with E-state index in [-0.39, 0.29) is 20.4 Å². The molecule has 0 atom stereocenters. The van der Waals surface area contributed by atoms with Crippen molar-refractivity contribution < 1.29 is 30.0 Å². The SMILES string of the molecule is NS(=O)(=O)c1ccc(S(=O)(=O)NNC(=O)c2ccc(Cl)c(S(N)(=O)=O)c2)cc1. The number of sulfonamides is 3. The minimum Gasteiger partial charge on any atom is -0.273 e. The summed E-state index contributed by atoms with van der Waals surface area (Å²) in [6.45, 7) is 0. The first kappa shape index (κ1) is 22.2. The van der Waals surface area contributed by atoms with Gasteiger partial charge in [-0.3, -0.25) is 10.2 Å². The van der Waals surface area contributed by atoms with Crippen LogP contribution >= 0.6 is 11.6 Å². The van der Waals surface area contributed by atoms with Crippen LogP contribution in [0.4, 0.5) is 0 Å². The molecule has 0 saturated carbocycles. The second-order valence-corrected chi connectivity index (χ2v) is 10.4. The molecule has 0 aliphatic heterocycles. The number of nitrogens with one attached hydrogen (secondary N) is 2. The first-order valence-electron chi connectivity index (χ1n) is 6.99. The first-order valence-corrected chi connectivity index (χ1v) is 11.9. The number of halogens is 1. The number of primary sulfonamides is 2. The van der Waals surface area contributed by atoms with Crippen molar-refractivity contribution in [2.75, 3.05) is 0 Å². The van der Waals surface area contributed by atoms with E-state index in [1.165, 1.54) is 0 Å². The van der Waals surface area contributed by atoms with Crippen LogP contribution in [0.25, 0.3) is 0 Å². The summed E-state index contributed by atoms with van der Waals surface area (Å²) in [5, 5.41) is 9.69. The lowest BCUT2D eigenvalue weighted by atomic mass is 10.2. The average molecular weight is 469 g/mol. The standard InChI is InChI=1S/C13H13ClN4O7S3/c14-11-6-1-8(7-12(11)27(16,22)23)13(19)17-18-28(24,25)10-4-2-9(3-5-10)26(15,20)21/h1-7,18H,(H,17,19)(H2,15,20,21)(H2,16,22,23). The Kier molecular flexibility index (Phi) is 6.15. The van der Waals surface area contributed by atoms with Crippen molar-refractivity contribution in [3.63, 3.8) is 0 Å². The van der Waals surface area contributed by atoms with E-state index < -0.39 is 40.9 Å². The summed E-state index contributed by atoms with van der Waals surface area (Å²) in [6, 6.07) is 7.03. The Morgan fingerprint density at radius 2 is 1.36 bits per heavy atom. The smallest absolute Gasteiger partial charge is 0.266 e. The number of carbonyl (C=O) groups excluding carboxylic acids is 1. The molecule has 0 fully saturated rings. The molecule has 0 saturated heterocycles. The van der Waals surface area contributed by atoms with E-state index in [2.05, 4.69) is 0 Å². The lowest BCUT2D eigenvalue weighted by Crippen LogP contribution is -2.41. The molecule has 11 nitrogen and oxygen atoms in total. The highest BCUT2D eigenvalue weighted by atomic mass is 35.5. The molecule has 1 amide bonds. The fraction of sp³-hybridized carbons (Fsp3) is 0. The van der Waals surface area contributed by atoms with E-state index in [1.807, 2.05) is 5.43 Å². The molecule has 0 aromatic heterocycles. The van der Waals surface area contributed by atoms with Crippen LogP contribution in [-0.2, 0) is 30.1 Å². The van der Waals surface area contributed by atoms with Crippen molar-refractivity contribution in [3.05, 3.63) is 53.1 Å². The third-order valence-electron chi connectivity index (χ3n) is 3.26. The average Bonchev–Trinajstić information content (AvgIpc) is 2.58. The number of rotatable bonds is 6. The molecule has 0 spiro atoms. The van der Waals surface area contributed by atoms with Gasteiger partial charge in [0.15, 0.2) is 0 Å². The molecule has 0 aliphatic carbocycles. The lowest BCUT2D eigenvalue weighted by molar-refractivity contribution is 0.0945. The lowest BCUT2D eigenvalue weighted by Gasteiger charge is -2.10. The van der Waals surface area contributed by atoms with Crippen molar-refractivity contribution in [3.8, 4) is 0 Å². The minimum atomic E-state index is -4.26. The number of carbonyl (C=O) groups is 1. The van der Waals surface area contributed by atoms with Crippen LogP contribution in [0.15, 0.2) is 57.2 Å². The van der Waals surface area contributed by atoms with Crippen LogP contribution in [0.1, 0.15) is 10.4 Å². The summed E-state index contributed by atoms with van der Waals surface area (Å²) in [5.41, 5.74) is 1.65. The van der Waals surface area contributed by atoms with Gasteiger partial charge >= 0.3 is 0 Å². The minimum absolute atomic E-state index is 0.213. The summed E-state index contributed by atoms with van der Waals surface area (Å²) in [7, 11) is -12.5. The van der Waals surface area contributed by atoms with E-state index in [4.69, 9.17) is 21.9 Å². The van der Waals surface area contributed by atoms with Crippen molar-refractivity contribution in [2.24, 2.45) is 10.3 Å². The number of amides is 1. The second-order valence-electron chi connectivity index (χ2n) is 5.27. The predicted molar refractivity (Wildman–Crippen MR) is 98.4 cm³/mol. The molecular weight excluding hydrogens is 456 g/mol. The van der Waals surface area contributed by atoms with E-state index in [1.54, 1.807) is 4.83 Å². The van der Waals surface area contributed by atoms with Crippen LogP contribution in [-0.4, -0.2) is 31.2 Å². The van der Waals surface area contributed by atoms with Gasteiger partial charge in [-0.1, -0.05) is 11.6 Å². The Morgan fingerprint density at radius 1 is 0.821 bits per heavy atom. The molecule has 0 bridgehead atoms. The molecule has 15 heteroatoms. The van der Waals surface area contributed by atoms with Crippen molar-refractivity contribution in [2.45, 2.75) is 14.7 Å². The monoisotopic (exact) mass is 468 g/mol. The van der Waals surface area contributed by atoms with Crippen LogP contribution < -0.4 is 20.5 Å². The number of hydrogen-bond donors (Lipinski definition) is 4. The van der Waals surface area contributed by atoms with E-state index >= 15 is 0 Å². The number of hydrazine groups is 1. The van der Waals surface area contributed by atoms with Gasteiger partial charge < -0.3 is 0 Å². The maximum Gasteiger partial charge on any atom is 0.266 e. The fourth-order valence-electron chi connectivity index (χ4n) is 1.92. The van der Waals surface area contributed by atoms with Gasteiger partial charge in [-0.25, -0.2) is 35.5 Å². The normalized spacial score (nSPS) is 12.5. The van der Waals surface area contributed by atoms with Crippen LogP contribution in [0, 0.1) is 0 Å². The Hall–Kier alpha value is -2.07. The van der Waals surface area contributed by atoms with Gasteiger partial charge in [0.1, 0.15) is 4.90 Å². The molecule has 0 unspecified atom stereocenters. The highest BCUT2D eigenvalue weighted by Gasteiger charge is 2.19. The molecule has 2 rings (SSSR count). The largest absolute Gasteiger partial charge is 0.273 e. The van der Waals surface area contributed by atoms with Gasteiger partial charge in [0.05, 0.1) is 14.8 Å². The van der Waals surface area contributed by atoms with E-state index in [0.717, 1.165) is 42.5 Å². The molecule has 0 heterocycles. The molecule has 2 aromatic rings. The maximum atomic E-state index is 12.2. The van der Waals surface area contributed by atoms with Gasteiger partial charge in [0.25, 0.3) is 15.9 Å². The molecule has 0 aliphatic rings. The topological polar surface area (TPSA) is 196 Å². The molecule has 28 heavy (non-hydrogen) atoms. The Morgan fingerprint density at radius 3 is 1.86 bits per heavy atom. The van der Waals surface area contributed by atoms with Crippen molar-refractivity contribution >= 4 is 47.6 Å². The zero-order valence-corrected chi connectivity index (χ0v) is 16.9. The highest BCUT2D eigenvalue weighted by molar-refractivity contribution is 7.90. The van der Waals surface area contributed by atoms with E-state index in [0.29, 0.717) is 0 Å². The van der Waals surface area contributed by atoms with Crippen LogP contribution in [0.2, 0.25) is 5.02 Å². The van der Waals surface area contributed by atoms with E-state index in [9.17, 15) is 30.0 Å². The van der Waals surface area contributed by atoms with Crippen molar-refractivity contribution in [1.82, 2.24) is 10.3 Å². The van der Waals surface area contributed by atoms with Crippen LogP contribution in [0.5, 0.6) is 0 Å². The number of nitrogens with two attached hydrogens (primary N) is 2. The Labute approximate surface area is 165 Å². The molecular formula is C13H13ClN4O7S3. The Balaban J connectivity index is 2.20. The summed E-state index contributed by atoms with van der Waals surface area (Å²) in [5.74, 6) is -0.994. The third kappa shape index (κ3) is 5.26. The molecule has 6 N–H and O–H groups in total. The maximum absolute atomic E-state index is 12.2. The number of benzene rings is 2. The molecule has 2 aromatic carbocycles. The zero-order chi connectivity index (χ0) is 21.3. The summed E-state index contributed by atoms with van der Waals surface area (Å²) >= 11 is 5.71. The van der Waals surface area contributed by atoms with Crippen LogP contribution in [0.3, 0.4) is 0 Å². The molecule has 152 valence electrons. The highest BCUT2D eigenvalue weighted by Crippen LogP contribution is 2.21. The number of hydrogen-bond acceptors (Lipinski definition) is 7. The zero-order valence-electron chi connectivity index (χ0n) is 13.7. The summed E-state index contributed by atoms with van der Waals surface area (Å²) < 4.78 is 69.6. The molecule has 0 radical (unpaired) electrons. The summed E-state index contributed by atoms with van der Waals surface area (Å²) in [6.07, 6.45) is 0. The van der Waals surface area contributed by atoms with Gasteiger partial charge in [0, 0.05) is 5.56 Å². The van der Waals surface area contributed by atoms with Gasteiger partial charge in [-0.2, -0.15) is 0 Å². The third-order valence-corrected chi connectivity index (χ3v) is 6.85. The van der Waals surface area contributed by atoms with Gasteiger partial charge in [-0.05, 0) is 42.5 Å². The summed E-state index contributed by atoms with van der Waals surface area (Å²) in [4.78, 5) is 12.7. The Bertz CT molecular complexity index is 1240. The first-order chi connectivity index (χ1) is 12.7. The van der Waals surface area contributed by atoms with Crippen molar-refractivity contribution in [1.29, 1.82) is 0 Å². The van der Waals surface area contributed by atoms with Gasteiger partial charge in [-0.15, -0.1) is 4.83 Å². The fourth-order valence-corrected chi connectivity index (χ4v) is 4.34. The predicted octanol–water partition coefficient (Wildman–Crippen LogP) is -0.742.